The van der Waals surface area contributed by atoms with Gasteiger partial charge in [-0.2, -0.15) is 5.10 Å². The van der Waals surface area contributed by atoms with Crippen LogP contribution in [-0.4, -0.2) is 45.0 Å². The monoisotopic (exact) mass is 294 g/mol. The Morgan fingerprint density at radius 3 is 3.23 bits per heavy atom. The first-order valence-electron chi connectivity index (χ1n) is 7.95. The van der Waals surface area contributed by atoms with E-state index in [1.807, 2.05) is 30.0 Å². The van der Waals surface area contributed by atoms with Crippen molar-refractivity contribution in [2.45, 2.75) is 25.8 Å². The lowest BCUT2D eigenvalue weighted by atomic mass is 9.99. The minimum atomic E-state index is 0.0513. The third-order valence-corrected chi connectivity index (χ3v) is 5.28. The van der Waals surface area contributed by atoms with Crippen LogP contribution < -0.4 is 0 Å². The van der Waals surface area contributed by atoms with Gasteiger partial charge >= 0.3 is 0 Å². The second-order valence-corrected chi connectivity index (χ2v) is 6.72. The van der Waals surface area contributed by atoms with Crippen molar-refractivity contribution in [2.24, 2.45) is 5.92 Å². The molecular formula is C17H18N4O. The van der Waals surface area contributed by atoms with Gasteiger partial charge in [0.2, 0.25) is 0 Å². The molecule has 112 valence electrons. The Bertz CT molecular complexity index is 819. The summed E-state index contributed by atoms with van der Waals surface area (Å²) in [6, 6.07) is 6.39. The average Bonchev–Trinajstić information content (AvgIpc) is 2.95. The summed E-state index contributed by atoms with van der Waals surface area (Å²) in [6.07, 6.45) is 4.47. The van der Waals surface area contributed by atoms with Crippen molar-refractivity contribution in [3.63, 3.8) is 0 Å². The molecule has 3 aliphatic rings. The van der Waals surface area contributed by atoms with Gasteiger partial charge in [-0.15, -0.1) is 0 Å². The van der Waals surface area contributed by atoms with Gasteiger partial charge in [-0.05, 0) is 31.4 Å². The van der Waals surface area contributed by atoms with Crippen molar-refractivity contribution >= 4 is 16.8 Å². The van der Waals surface area contributed by atoms with Gasteiger partial charge in [0.15, 0.2) is 5.69 Å². The second kappa shape index (κ2) is 4.12. The largest absolute Gasteiger partial charge is 0.374 e. The molecule has 1 aromatic carbocycles. The Labute approximate surface area is 128 Å². The van der Waals surface area contributed by atoms with Crippen LogP contribution in [0.5, 0.6) is 0 Å². The van der Waals surface area contributed by atoms with E-state index in [1.54, 1.807) is 0 Å². The zero-order valence-electron chi connectivity index (χ0n) is 12.5. The minimum absolute atomic E-state index is 0.0513. The standard InChI is InChI=1S/C17H18N4O/c1-10-2-3-13-14(6-10)18-19-16(13)17(22)21-12-7-11-4-5-20(8-12)9-15(11)21/h2-3,6,9,11-12H,4-5,7-8H2,1H3,(H,18,19)/t11-,12-/m1/s1. The highest BCUT2D eigenvalue weighted by Crippen LogP contribution is 2.43. The molecule has 4 heterocycles. The van der Waals surface area contributed by atoms with Crippen LogP contribution in [0, 0.1) is 12.8 Å². The van der Waals surface area contributed by atoms with E-state index in [-0.39, 0.29) is 5.91 Å². The molecule has 5 rings (SSSR count). The number of hydrogen-bond donors (Lipinski definition) is 1. The number of rotatable bonds is 1. The molecule has 0 unspecified atom stereocenters. The van der Waals surface area contributed by atoms with Gasteiger partial charge in [-0.3, -0.25) is 9.89 Å². The maximum absolute atomic E-state index is 13.1. The van der Waals surface area contributed by atoms with E-state index in [0.717, 1.165) is 30.4 Å². The first kappa shape index (κ1) is 12.3. The normalized spacial score (nSPS) is 26.0. The molecule has 5 heteroatoms. The molecule has 3 aliphatic heterocycles. The SMILES string of the molecule is Cc1ccc2c(C(=O)N3C4=CN5CC[C@@H]4C[C@@H]3C5)n[nH]c2c1. The van der Waals surface area contributed by atoms with E-state index in [4.69, 9.17) is 0 Å². The number of aromatic nitrogens is 2. The Kier molecular flexibility index (Phi) is 2.30. The third-order valence-electron chi connectivity index (χ3n) is 5.28. The van der Waals surface area contributed by atoms with Crippen LogP contribution in [0.3, 0.4) is 0 Å². The zero-order valence-corrected chi connectivity index (χ0v) is 12.5. The number of aryl methyl sites for hydroxylation is 1. The van der Waals surface area contributed by atoms with Crippen LogP contribution in [0.4, 0.5) is 0 Å². The van der Waals surface area contributed by atoms with Crippen molar-refractivity contribution in [3.05, 3.63) is 41.4 Å². The van der Waals surface area contributed by atoms with Gasteiger partial charge < -0.3 is 9.80 Å². The topological polar surface area (TPSA) is 52.2 Å². The van der Waals surface area contributed by atoms with Crippen molar-refractivity contribution in [1.82, 2.24) is 20.0 Å². The molecule has 3 bridgehead atoms. The molecule has 0 spiro atoms. The second-order valence-electron chi connectivity index (χ2n) is 6.72. The van der Waals surface area contributed by atoms with Gasteiger partial charge in [0.05, 0.1) is 11.6 Å². The summed E-state index contributed by atoms with van der Waals surface area (Å²) in [7, 11) is 0. The predicted molar refractivity (Wildman–Crippen MR) is 83.2 cm³/mol. The molecule has 2 aromatic rings. The van der Waals surface area contributed by atoms with Crippen LogP contribution in [0.1, 0.15) is 28.9 Å². The van der Waals surface area contributed by atoms with E-state index in [0.29, 0.717) is 17.7 Å². The first-order chi connectivity index (χ1) is 10.7. The van der Waals surface area contributed by atoms with Crippen molar-refractivity contribution in [2.75, 3.05) is 13.1 Å². The summed E-state index contributed by atoms with van der Waals surface area (Å²) in [4.78, 5) is 17.5. The van der Waals surface area contributed by atoms with Crippen LogP contribution in [0.25, 0.3) is 10.9 Å². The fraction of sp³-hybridized carbons (Fsp3) is 0.412. The Balaban J connectivity index is 1.58. The molecule has 0 aliphatic carbocycles. The summed E-state index contributed by atoms with van der Waals surface area (Å²) in [5.41, 5.74) is 3.87. The maximum atomic E-state index is 13.1. The molecule has 0 radical (unpaired) electrons. The van der Waals surface area contributed by atoms with Gasteiger partial charge in [0.1, 0.15) is 0 Å². The summed E-state index contributed by atoms with van der Waals surface area (Å²) in [5.74, 6) is 0.607. The van der Waals surface area contributed by atoms with Crippen molar-refractivity contribution in [1.29, 1.82) is 0 Å². The number of hydrogen-bond acceptors (Lipinski definition) is 3. The number of H-pyrrole nitrogens is 1. The highest BCUT2D eigenvalue weighted by molar-refractivity contribution is 6.05. The van der Waals surface area contributed by atoms with E-state index < -0.39 is 0 Å². The number of allylic oxidation sites excluding steroid dienone is 1. The Morgan fingerprint density at radius 1 is 1.41 bits per heavy atom. The molecular weight excluding hydrogens is 276 g/mol. The number of aromatic amines is 1. The predicted octanol–water partition coefficient (Wildman–Crippen LogP) is 2.26. The molecule has 1 saturated heterocycles. The molecule has 1 aromatic heterocycles. The highest BCUT2D eigenvalue weighted by atomic mass is 16.2. The van der Waals surface area contributed by atoms with Crippen molar-refractivity contribution < 1.29 is 4.79 Å². The number of carbonyl (C=O) groups is 1. The van der Waals surface area contributed by atoms with E-state index >= 15 is 0 Å². The smallest absolute Gasteiger partial charge is 0.279 e. The number of amides is 1. The summed E-state index contributed by atoms with van der Waals surface area (Å²) in [5, 5.41) is 8.24. The van der Waals surface area contributed by atoms with Crippen LogP contribution in [0.15, 0.2) is 30.1 Å². The van der Waals surface area contributed by atoms with Gasteiger partial charge in [0.25, 0.3) is 5.91 Å². The fourth-order valence-electron chi connectivity index (χ4n) is 4.23. The van der Waals surface area contributed by atoms with Gasteiger partial charge in [0, 0.05) is 36.3 Å². The first-order valence-corrected chi connectivity index (χ1v) is 7.95. The molecule has 1 amide bonds. The molecule has 5 nitrogen and oxygen atoms in total. The number of nitrogens with zero attached hydrogens (tertiary/aromatic N) is 3. The highest BCUT2D eigenvalue weighted by Gasteiger charge is 2.46. The molecule has 22 heavy (non-hydrogen) atoms. The van der Waals surface area contributed by atoms with Crippen molar-refractivity contribution in [3.8, 4) is 0 Å². The summed E-state index contributed by atoms with van der Waals surface area (Å²) < 4.78 is 0. The number of benzene rings is 1. The Morgan fingerprint density at radius 2 is 2.32 bits per heavy atom. The quantitative estimate of drug-likeness (QED) is 0.878. The van der Waals surface area contributed by atoms with E-state index in [1.165, 1.54) is 17.7 Å². The van der Waals surface area contributed by atoms with Crippen LogP contribution >= 0.6 is 0 Å². The molecule has 1 N–H and O–H groups in total. The number of fused-ring (bicyclic) bond motifs is 3. The van der Waals surface area contributed by atoms with Gasteiger partial charge in [-0.25, -0.2) is 0 Å². The van der Waals surface area contributed by atoms with Crippen LogP contribution in [-0.2, 0) is 0 Å². The van der Waals surface area contributed by atoms with Gasteiger partial charge in [-0.1, -0.05) is 12.1 Å². The van der Waals surface area contributed by atoms with E-state index in [2.05, 4.69) is 21.3 Å². The minimum Gasteiger partial charge on any atom is -0.374 e. The number of carbonyl (C=O) groups excluding carboxylic acids is 1. The summed E-state index contributed by atoms with van der Waals surface area (Å²) >= 11 is 0. The Hall–Kier alpha value is -2.30. The number of nitrogens with one attached hydrogen (secondary N) is 1. The maximum Gasteiger partial charge on any atom is 0.279 e. The zero-order chi connectivity index (χ0) is 14.8. The lowest BCUT2D eigenvalue weighted by Gasteiger charge is -2.38. The lowest BCUT2D eigenvalue weighted by Crippen LogP contribution is -2.46. The fourth-order valence-corrected chi connectivity index (χ4v) is 4.23. The average molecular weight is 294 g/mol. The lowest BCUT2D eigenvalue weighted by molar-refractivity contribution is 0.0716. The molecule has 0 saturated carbocycles. The molecule has 1 fully saturated rings. The third kappa shape index (κ3) is 1.54. The van der Waals surface area contributed by atoms with Crippen LogP contribution in [0.2, 0.25) is 0 Å². The van der Waals surface area contributed by atoms with E-state index in [9.17, 15) is 4.79 Å². The molecule has 2 atom stereocenters. The summed E-state index contributed by atoms with van der Waals surface area (Å²) in [6.45, 7) is 4.15.